The van der Waals surface area contributed by atoms with Crippen LogP contribution in [-0.4, -0.2) is 18.6 Å². The Bertz CT molecular complexity index is 193. The molecule has 18 heavy (non-hydrogen) atoms. The number of carbonyl (C=O) groups excluding carboxylic acids is 1. The highest BCUT2D eigenvalue weighted by atomic mass is 16.5. The zero-order valence-corrected chi connectivity index (χ0v) is 12.2. The molecule has 108 valence electrons. The summed E-state index contributed by atoms with van der Waals surface area (Å²) < 4.78 is 5.01. The van der Waals surface area contributed by atoms with Crippen LogP contribution in [0.25, 0.3) is 0 Å². The maximum Gasteiger partial charge on any atom is 0.322 e. The van der Waals surface area contributed by atoms with Crippen LogP contribution in [0.15, 0.2) is 0 Å². The number of rotatable bonds is 12. The van der Waals surface area contributed by atoms with Crippen LogP contribution < -0.4 is 5.73 Å². The summed E-state index contributed by atoms with van der Waals surface area (Å²) in [4.78, 5) is 11.1. The highest BCUT2D eigenvalue weighted by Gasteiger charge is 2.07. The third-order valence-corrected chi connectivity index (χ3v) is 3.11. The number of esters is 1. The van der Waals surface area contributed by atoms with E-state index in [1.54, 1.807) is 6.92 Å². The van der Waals surface area contributed by atoms with Crippen molar-refractivity contribution >= 4 is 5.97 Å². The molecule has 0 saturated heterocycles. The zero-order chi connectivity index (χ0) is 13.6. The van der Waals surface area contributed by atoms with Gasteiger partial charge in [0.1, 0.15) is 6.04 Å². The van der Waals surface area contributed by atoms with Crippen LogP contribution in [0, 0.1) is 0 Å². The van der Waals surface area contributed by atoms with Crippen LogP contribution in [0.3, 0.4) is 0 Å². The lowest BCUT2D eigenvalue weighted by Gasteiger charge is -2.06. The van der Waals surface area contributed by atoms with E-state index in [0.717, 1.165) is 12.8 Å². The molecule has 0 aliphatic carbocycles. The van der Waals surface area contributed by atoms with Crippen molar-refractivity contribution in [3.8, 4) is 0 Å². The first-order chi connectivity index (χ1) is 8.68. The first kappa shape index (κ1) is 17.4. The maximum absolute atomic E-state index is 11.1. The Hall–Kier alpha value is -0.570. The number of nitrogens with two attached hydrogens (primary N) is 1. The second kappa shape index (κ2) is 12.9. The molecular weight excluding hydrogens is 226 g/mol. The summed E-state index contributed by atoms with van der Waals surface area (Å²) in [5, 5.41) is 0. The molecule has 0 radical (unpaired) electrons. The van der Waals surface area contributed by atoms with Crippen molar-refractivity contribution in [2.45, 2.75) is 84.1 Å². The topological polar surface area (TPSA) is 52.3 Å². The van der Waals surface area contributed by atoms with Crippen molar-refractivity contribution in [3.63, 3.8) is 0 Å². The van der Waals surface area contributed by atoms with Crippen LogP contribution in [0.5, 0.6) is 0 Å². The second-order valence-electron chi connectivity index (χ2n) is 5.14. The van der Waals surface area contributed by atoms with E-state index >= 15 is 0 Å². The average Bonchev–Trinajstić information content (AvgIpc) is 2.35. The highest BCUT2D eigenvalue weighted by molar-refractivity contribution is 5.74. The minimum Gasteiger partial charge on any atom is -0.465 e. The molecule has 0 aliphatic rings. The minimum absolute atomic E-state index is 0.286. The summed E-state index contributed by atoms with van der Waals surface area (Å²) in [7, 11) is 0. The van der Waals surface area contributed by atoms with Crippen molar-refractivity contribution < 1.29 is 9.53 Å². The van der Waals surface area contributed by atoms with Crippen LogP contribution in [0.2, 0.25) is 0 Å². The van der Waals surface area contributed by atoms with Gasteiger partial charge >= 0.3 is 5.97 Å². The molecule has 0 bridgehead atoms. The largest absolute Gasteiger partial charge is 0.465 e. The maximum atomic E-state index is 11.1. The third kappa shape index (κ3) is 11.9. The van der Waals surface area contributed by atoms with Gasteiger partial charge in [0.2, 0.25) is 0 Å². The number of hydrogen-bond donors (Lipinski definition) is 1. The third-order valence-electron chi connectivity index (χ3n) is 3.11. The van der Waals surface area contributed by atoms with Gasteiger partial charge in [-0.3, -0.25) is 4.79 Å². The number of hydrogen-bond acceptors (Lipinski definition) is 3. The molecule has 1 unspecified atom stereocenters. The summed E-state index contributed by atoms with van der Waals surface area (Å²) in [6.45, 7) is 4.43. The van der Waals surface area contributed by atoms with Crippen molar-refractivity contribution in [2.75, 3.05) is 6.61 Å². The van der Waals surface area contributed by atoms with Gasteiger partial charge < -0.3 is 10.5 Å². The standard InChI is InChI=1S/C15H31NO2/c1-3-4-5-6-7-8-9-10-11-12-13-18-15(17)14(2)16/h14H,3-13,16H2,1-2H3. The van der Waals surface area contributed by atoms with Gasteiger partial charge in [0.15, 0.2) is 0 Å². The molecule has 2 N–H and O–H groups in total. The molecule has 0 rings (SSSR count). The molecule has 0 aliphatic heterocycles. The molecule has 3 nitrogen and oxygen atoms in total. The minimum atomic E-state index is -0.492. The molecule has 0 aromatic carbocycles. The van der Waals surface area contributed by atoms with E-state index in [-0.39, 0.29) is 5.97 Å². The number of carbonyl (C=O) groups is 1. The molecule has 0 aromatic rings. The Morgan fingerprint density at radius 2 is 1.39 bits per heavy atom. The van der Waals surface area contributed by atoms with E-state index in [2.05, 4.69) is 6.92 Å². The van der Waals surface area contributed by atoms with Crippen LogP contribution in [0.4, 0.5) is 0 Å². The number of ether oxygens (including phenoxy) is 1. The normalized spacial score (nSPS) is 12.4. The first-order valence-electron chi connectivity index (χ1n) is 7.60. The SMILES string of the molecule is CCCCCCCCCCCCOC(=O)C(C)N. The van der Waals surface area contributed by atoms with E-state index in [4.69, 9.17) is 10.5 Å². The molecule has 0 aromatic heterocycles. The van der Waals surface area contributed by atoms with Crippen molar-refractivity contribution in [1.82, 2.24) is 0 Å². The molecule has 0 spiro atoms. The lowest BCUT2D eigenvalue weighted by Crippen LogP contribution is -2.28. The number of unbranched alkanes of at least 4 members (excludes halogenated alkanes) is 9. The summed E-state index contributed by atoms with van der Waals surface area (Å²) in [6, 6.07) is -0.492. The monoisotopic (exact) mass is 257 g/mol. The summed E-state index contributed by atoms with van der Waals surface area (Å²) in [5.41, 5.74) is 5.39. The Morgan fingerprint density at radius 1 is 0.944 bits per heavy atom. The average molecular weight is 257 g/mol. The molecule has 0 amide bonds. The lowest BCUT2D eigenvalue weighted by atomic mass is 10.1. The van der Waals surface area contributed by atoms with Crippen LogP contribution in [-0.2, 0) is 9.53 Å². The summed E-state index contributed by atoms with van der Waals surface area (Å²) >= 11 is 0. The predicted molar refractivity (Wildman–Crippen MR) is 76.5 cm³/mol. The molecular formula is C15H31NO2. The lowest BCUT2D eigenvalue weighted by molar-refractivity contribution is -0.144. The quantitative estimate of drug-likeness (QED) is 0.427. The van der Waals surface area contributed by atoms with Gasteiger partial charge in [-0.1, -0.05) is 64.7 Å². The smallest absolute Gasteiger partial charge is 0.322 e. The fourth-order valence-electron chi connectivity index (χ4n) is 1.89. The fourth-order valence-corrected chi connectivity index (χ4v) is 1.89. The molecule has 3 heteroatoms. The molecule has 0 fully saturated rings. The van der Waals surface area contributed by atoms with Crippen LogP contribution >= 0.6 is 0 Å². The summed E-state index contributed by atoms with van der Waals surface area (Å²) in [6.07, 6.45) is 12.9. The van der Waals surface area contributed by atoms with E-state index < -0.39 is 6.04 Å². The van der Waals surface area contributed by atoms with Gasteiger partial charge in [-0.25, -0.2) is 0 Å². The van der Waals surface area contributed by atoms with Gasteiger partial charge in [0.05, 0.1) is 6.61 Å². The van der Waals surface area contributed by atoms with Crippen molar-refractivity contribution in [1.29, 1.82) is 0 Å². The van der Waals surface area contributed by atoms with Gasteiger partial charge in [-0.15, -0.1) is 0 Å². The molecule has 0 heterocycles. The molecule has 0 saturated carbocycles. The first-order valence-corrected chi connectivity index (χ1v) is 7.60. The molecule has 1 atom stereocenters. The highest BCUT2D eigenvalue weighted by Crippen LogP contribution is 2.10. The Balaban J connectivity index is 3.05. The fraction of sp³-hybridized carbons (Fsp3) is 0.933. The van der Waals surface area contributed by atoms with Crippen molar-refractivity contribution in [3.05, 3.63) is 0 Å². The van der Waals surface area contributed by atoms with Gasteiger partial charge in [-0.05, 0) is 13.3 Å². The van der Waals surface area contributed by atoms with Gasteiger partial charge in [0, 0.05) is 0 Å². The van der Waals surface area contributed by atoms with E-state index in [1.165, 1.54) is 51.4 Å². The van der Waals surface area contributed by atoms with Gasteiger partial charge in [0.25, 0.3) is 0 Å². The van der Waals surface area contributed by atoms with E-state index in [9.17, 15) is 4.79 Å². The van der Waals surface area contributed by atoms with E-state index in [0.29, 0.717) is 6.61 Å². The van der Waals surface area contributed by atoms with Crippen molar-refractivity contribution in [2.24, 2.45) is 5.73 Å². The Labute approximate surface area is 112 Å². The zero-order valence-electron chi connectivity index (χ0n) is 12.2. The second-order valence-corrected chi connectivity index (χ2v) is 5.14. The predicted octanol–water partition coefficient (Wildman–Crippen LogP) is 3.80. The Morgan fingerprint density at radius 3 is 1.83 bits per heavy atom. The summed E-state index contributed by atoms with van der Waals surface area (Å²) in [5.74, 6) is -0.286. The van der Waals surface area contributed by atoms with E-state index in [1.807, 2.05) is 0 Å². The van der Waals surface area contributed by atoms with Crippen LogP contribution in [0.1, 0.15) is 78.1 Å². The van der Waals surface area contributed by atoms with Gasteiger partial charge in [-0.2, -0.15) is 0 Å². The Kier molecular flexibility index (Phi) is 12.5.